The minimum absolute atomic E-state index is 0.104. The summed E-state index contributed by atoms with van der Waals surface area (Å²) in [5.74, 6) is -0.567. The normalized spacial score (nSPS) is 12.1. The summed E-state index contributed by atoms with van der Waals surface area (Å²) in [5.41, 5.74) is 2.30. The standard InChI is InChI=1S/C30H32O8/c1-5-34-29(32)20(3)37-25-16-17-26(28(18-25)38-21(4)30(33)35-6-2)27(31)19-36-24-14-12-23(13-15-24)22-10-8-7-9-11-22/h7-18,20-21H,5-6,19H2,1-4H3. The molecule has 0 saturated carbocycles. The lowest BCUT2D eigenvalue weighted by atomic mass is 10.1. The van der Waals surface area contributed by atoms with Gasteiger partial charge in [-0.05, 0) is 63.1 Å². The van der Waals surface area contributed by atoms with Crippen LogP contribution in [0.4, 0.5) is 0 Å². The lowest BCUT2D eigenvalue weighted by molar-refractivity contribution is -0.151. The molecule has 0 heterocycles. The number of hydrogen-bond donors (Lipinski definition) is 0. The second-order valence-corrected chi connectivity index (χ2v) is 8.28. The van der Waals surface area contributed by atoms with Crippen molar-refractivity contribution in [3.05, 3.63) is 78.4 Å². The van der Waals surface area contributed by atoms with Gasteiger partial charge in [0, 0.05) is 6.07 Å². The van der Waals surface area contributed by atoms with Crippen LogP contribution in [0, 0.1) is 0 Å². The van der Waals surface area contributed by atoms with Gasteiger partial charge in [0.15, 0.2) is 18.8 Å². The molecule has 8 nitrogen and oxygen atoms in total. The molecule has 3 rings (SSSR count). The van der Waals surface area contributed by atoms with E-state index in [9.17, 15) is 14.4 Å². The van der Waals surface area contributed by atoms with Crippen LogP contribution >= 0.6 is 0 Å². The maximum atomic E-state index is 13.1. The van der Waals surface area contributed by atoms with Crippen LogP contribution in [0.3, 0.4) is 0 Å². The molecule has 3 aromatic carbocycles. The molecule has 0 aliphatic rings. The summed E-state index contributed by atoms with van der Waals surface area (Å²) in [6, 6.07) is 21.8. The number of esters is 2. The van der Waals surface area contributed by atoms with Crippen molar-refractivity contribution in [3.8, 4) is 28.4 Å². The van der Waals surface area contributed by atoms with Crippen molar-refractivity contribution >= 4 is 17.7 Å². The fourth-order valence-corrected chi connectivity index (χ4v) is 3.51. The van der Waals surface area contributed by atoms with Gasteiger partial charge in [0.05, 0.1) is 18.8 Å². The zero-order chi connectivity index (χ0) is 27.5. The van der Waals surface area contributed by atoms with Crippen LogP contribution in [0.25, 0.3) is 11.1 Å². The zero-order valence-corrected chi connectivity index (χ0v) is 22.0. The third-order valence-corrected chi connectivity index (χ3v) is 5.44. The highest BCUT2D eigenvalue weighted by Crippen LogP contribution is 2.28. The molecule has 0 N–H and O–H groups in total. The Hall–Kier alpha value is -4.33. The quantitative estimate of drug-likeness (QED) is 0.222. The Morgan fingerprint density at radius 3 is 1.84 bits per heavy atom. The van der Waals surface area contributed by atoms with Crippen molar-refractivity contribution in [3.63, 3.8) is 0 Å². The van der Waals surface area contributed by atoms with Gasteiger partial charge in [0.2, 0.25) is 5.78 Å². The molecule has 0 bridgehead atoms. The summed E-state index contributed by atoms with van der Waals surface area (Å²) < 4.78 is 27.1. The zero-order valence-electron chi connectivity index (χ0n) is 22.0. The third kappa shape index (κ3) is 7.83. The Morgan fingerprint density at radius 1 is 0.684 bits per heavy atom. The Bertz CT molecular complexity index is 1220. The molecule has 38 heavy (non-hydrogen) atoms. The van der Waals surface area contributed by atoms with Crippen LogP contribution in [-0.2, 0) is 19.1 Å². The number of ketones is 1. The van der Waals surface area contributed by atoms with E-state index in [-0.39, 0.29) is 42.7 Å². The van der Waals surface area contributed by atoms with E-state index in [1.165, 1.54) is 19.1 Å². The predicted octanol–water partition coefficient (Wildman–Crippen LogP) is 5.28. The Kier molecular flexibility index (Phi) is 10.3. The van der Waals surface area contributed by atoms with Gasteiger partial charge in [-0.2, -0.15) is 0 Å². The van der Waals surface area contributed by atoms with Gasteiger partial charge in [-0.15, -0.1) is 0 Å². The van der Waals surface area contributed by atoms with Gasteiger partial charge >= 0.3 is 11.9 Å². The largest absolute Gasteiger partial charge is 0.485 e. The molecular weight excluding hydrogens is 488 g/mol. The molecule has 0 spiro atoms. The van der Waals surface area contributed by atoms with E-state index in [4.69, 9.17) is 23.7 Å². The molecule has 0 amide bonds. The Labute approximate surface area is 222 Å². The second-order valence-electron chi connectivity index (χ2n) is 8.28. The first-order chi connectivity index (χ1) is 18.3. The fourth-order valence-electron chi connectivity index (χ4n) is 3.51. The summed E-state index contributed by atoms with van der Waals surface area (Å²) in [6.07, 6.45) is -1.86. The van der Waals surface area contributed by atoms with E-state index in [1.807, 2.05) is 42.5 Å². The van der Waals surface area contributed by atoms with Gasteiger partial charge in [-0.1, -0.05) is 42.5 Å². The minimum Gasteiger partial charge on any atom is -0.485 e. The number of rotatable bonds is 13. The highest BCUT2D eigenvalue weighted by atomic mass is 16.6. The fraction of sp³-hybridized carbons (Fsp3) is 0.300. The van der Waals surface area contributed by atoms with Crippen molar-refractivity contribution in [1.29, 1.82) is 0 Å². The van der Waals surface area contributed by atoms with E-state index in [0.717, 1.165) is 11.1 Å². The van der Waals surface area contributed by atoms with Crippen LogP contribution in [0.2, 0.25) is 0 Å². The smallest absolute Gasteiger partial charge is 0.347 e. The van der Waals surface area contributed by atoms with Crippen LogP contribution in [0.15, 0.2) is 72.8 Å². The molecule has 0 aliphatic heterocycles. The van der Waals surface area contributed by atoms with Gasteiger partial charge in [-0.25, -0.2) is 9.59 Å². The summed E-state index contributed by atoms with van der Waals surface area (Å²) in [6.45, 7) is 6.62. The summed E-state index contributed by atoms with van der Waals surface area (Å²) >= 11 is 0. The number of benzene rings is 3. The van der Waals surface area contributed by atoms with Gasteiger partial charge in [-0.3, -0.25) is 4.79 Å². The molecule has 2 atom stereocenters. The van der Waals surface area contributed by atoms with Gasteiger partial charge < -0.3 is 23.7 Å². The van der Waals surface area contributed by atoms with E-state index < -0.39 is 24.1 Å². The van der Waals surface area contributed by atoms with Crippen molar-refractivity contribution in [2.45, 2.75) is 39.9 Å². The topological polar surface area (TPSA) is 97.4 Å². The van der Waals surface area contributed by atoms with Crippen LogP contribution in [-0.4, -0.2) is 49.8 Å². The van der Waals surface area contributed by atoms with E-state index in [0.29, 0.717) is 5.75 Å². The molecule has 3 aromatic rings. The minimum atomic E-state index is -0.981. The lowest BCUT2D eigenvalue weighted by Gasteiger charge is -2.18. The van der Waals surface area contributed by atoms with Crippen molar-refractivity contribution in [1.82, 2.24) is 0 Å². The van der Waals surface area contributed by atoms with E-state index in [1.54, 1.807) is 39.0 Å². The Balaban J connectivity index is 1.75. The highest BCUT2D eigenvalue weighted by Gasteiger charge is 2.23. The van der Waals surface area contributed by atoms with Crippen molar-refractivity contribution in [2.24, 2.45) is 0 Å². The maximum Gasteiger partial charge on any atom is 0.347 e. The summed E-state index contributed by atoms with van der Waals surface area (Å²) in [5, 5.41) is 0. The number of ether oxygens (including phenoxy) is 5. The average molecular weight is 521 g/mol. The van der Waals surface area contributed by atoms with Crippen LogP contribution in [0.1, 0.15) is 38.1 Å². The first kappa shape index (κ1) is 28.2. The van der Waals surface area contributed by atoms with Gasteiger partial charge in [0.1, 0.15) is 17.2 Å². The first-order valence-corrected chi connectivity index (χ1v) is 12.4. The van der Waals surface area contributed by atoms with Gasteiger partial charge in [0.25, 0.3) is 0 Å². The number of carbonyl (C=O) groups excluding carboxylic acids is 3. The third-order valence-electron chi connectivity index (χ3n) is 5.44. The number of hydrogen-bond acceptors (Lipinski definition) is 8. The second kappa shape index (κ2) is 13.8. The molecule has 0 radical (unpaired) electrons. The first-order valence-electron chi connectivity index (χ1n) is 12.4. The molecule has 8 heteroatoms. The van der Waals surface area contributed by atoms with Crippen LogP contribution in [0.5, 0.6) is 17.2 Å². The molecular formula is C30H32O8. The Morgan fingerprint density at radius 2 is 1.24 bits per heavy atom. The van der Waals surface area contributed by atoms with Crippen LogP contribution < -0.4 is 14.2 Å². The number of Topliss-reactive ketones (excluding diaryl/α,β-unsaturated/α-hetero) is 1. The summed E-state index contributed by atoms with van der Waals surface area (Å²) in [7, 11) is 0. The number of carbonyl (C=O) groups is 3. The van der Waals surface area contributed by atoms with E-state index in [2.05, 4.69) is 0 Å². The van der Waals surface area contributed by atoms with E-state index >= 15 is 0 Å². The van der Waals surface area contributed by atoms with Crippen molar-refractivity contribution in [2.75, 3.05) is 19.8 Å². The monoisotopic (exact) mass is 520 g/mol. The average Bonchev–Trinajstić information content (AvgIpc) is 2.93. The summed E-state index contributed by atoms with van der Waals surface area (Å²) in [4.78, 5) is 37.2. The lowest BCUT2D eigenvalue weighted by Crippen LogP contribution is -2.28. The molecule has 0 fully saturated rings. The van der Waals surface area contributed by atoms with Crippen molar-refractivity contribution < 1.29 is 38.1 Å². The maximum absolute atomic E-state index is 13.1. The molecule has 2 unspecified atom stereocenters. The highest BCUT2D eigenvalue weighted by molar-refractivity contribution is 6.00. The predicted molar refractivity (Wildman–Crippen MR) is 142 cm³/mol. The molecule has 0 saturated heterocycles. The SMILES string of the molecule is CCOC(=O)C(C)Oc1ccc(C(=O)COc2ccc(-c3ccccc3)cc2)c(OC(C)C(=O)OCC)c1. The molecule has 0 aromatic heterocycles. The molecule has 0 aliphatic carbocycles. The molecule has 200 valence electrons.